The van der Waals surface area contributed by atoms with Crippen LogP contribution < -0.4 is 9.47 Å². The van der Waals surface area contributed by atoms with Gasteiger partial charge in [-0.2, -0.15) is 0 Å². The maximum atomic E-state index is 12.4. The summed E-state index contributed by atoms with van der Waals surface area (Å²) in [5.41, 5.74) is 0.788. The third kappa shape index (κ3) is 4.98. The number of nitrogens with zero attached hydrogens (tertiary/aromatic N) is 1. The Bertz CT molecular complexity index is 641. The molecule has 1 amide bonds. The van der Waals surface area contributed by atoms with E-state index in [9.17, 15) is 9.59 Å². The van der Waals surface area contributed by atoms with Crippen molar-refractivity contribution >= 4 is 18.0 Å². The Morgan fingerprint density at radius 3 is 2.76 bits per heavy atom. The first-order valence-electron chi connectivity index (χ1n) is 8.44. The smallest absolute Gasteiger partial charge is 0.310 e. The first-order valence-corrected chi connectivity index (χ1v) is 8.44. The quantitative estimate of drug-likeness (QED) is 0.584. The molecule has 1 heterocycles. The fourth-order valence-corrected chi connectivity index (χ4v) is 2.85. The average Bonchev–Trinajstić information content (AvgIpc) is 2.66. The predicted octanol–water partition coefficient (Wildman–Crippen LogP) is 2.52. The van der Waals surface area contributed by atoms with Crippen LogP contribution in [-0.2, 0) is 14.3 Å². The minimum atomic E-state index is -0.235. The highest BCUT2D eigenvalue weighted by molar-refractivity contribution is 5.92. The molecule has 25 heavy (non-hydrogen) atoms. The number of likely N-dealkylation sites (tertiary alicyclic amines) is 1. The normalized spacial score (nSPS) is 17.4. The predicted molar refractivity (Wildman–Crippen MR) is 94.5 cm³/mol. The monoisotopic (exact) mass is 347 g/mol. The highest BCUT2D eigenvalue weighted by atomic mass is 16.5. The van der Waals surface area contributed by atoms with Crippen LogP contribution in [-0.4, -0.2) is 50.7 Å². The molecule has 6 heteroatoms. The molecular formula is C19H25NO5. The molecule has 1 fully saturated rings. The lowest BCUT2D eigenvalue weighted by atomic mass is 9.98. The van der Waals surface area contributed by atoms with Gasteiger partial charge in [0.2, 0.25) is 5.91 Å². The summed E-state index contributed by atoms with van der Waals surface area (Å²) < 4.78 is 15.6. The van der Waals surface area contributed by atoms with Crippen molar-refractivity contribution in [3.63, 3.8) is 0 Å². The second kappa shape index (κ2) is 9.11. The van der Waals surface area contributed by atoms with Gasteiger partial charge in [0, 0.05) is 30.8 Å². The van der Waals surface area contributed by atoms with Gasteiger partial charge in [0.05, 0.1) is 26.7 Å². The number of piperidine rings is 1. The number of carbonyl (C=O) groups is 2. The number of methoxy groups -OCH3 is 2. The van der Waals surface area contributed by atoms with E-state index in [-0.39, 0.29) is 17.8 Å². The number of carbonyl (C=O) groups excluding carboxylic acids is 2. The van der Waals surface area contributed by atoms with E-state index in [0.717, 1.165) is 18.4 Å². The maximum absolute atomic E-state index is 12.4. The van der Waals surface area contributed by atoms with Gasteiger partial charge in [0.15, 0.2) is 0 Å². The van der Waals surface area contributed by atoms with Gasteiger partial charge < -0.3 is 19.1 Å². The molecule has 0 saturated carbocycles. The summed E-state index contributed by atoms with van der Waals surface area (Å²) in [6.07, 6.45) is 4.79. The molecule has 0 radical (unpaired) electrons. The largest absolute Gasteiger partial charge is 0.497 e. The summed E-state index contributed by atoms with van der Waals surface area (Å²) in [6.45, 7) is 3.20. The molecule has 1 aromatic rings. The molecule has 0 aromatic heterocycles. The first kappa shape index (κ1) is 18.8. The fraction of sp³-hybridized carbons (Fsp3) is 0.474. The van der Waals surface area contributed by atoms with Crippen LogP contribution in [0.15, 0.2) is 24.3 Å². The Morgan fingerprint density at radius 2 is 2.08 bits per heavy atom. The van der Waals surface area contributed by atoms with Crippen LogP contribution in [0, 0.1) is 5.92 Å². The number of esters is 1. The van der Waals surface area contributed by atoms with E-state index in [1.807, 2.05) is 12.1 Å². The Hall–Kier alpha value is -2.50. The second-order valence-electron chi connectivity index (χ2n) is 5.82. The average molecular weight is 347 g/mol. The van der Waals surface area contributed by atoms with Crippen LogP contribution in [0.4, 0.5) is 0 Å². The molecule has 136 valence electrons. The minimum Gasteiger partial charge on any atom is -0.497 e. The van der Waals surface area contributed by atoms with Gasteiger partial charge in [-0.15, -0.1) is 0 Å². The number of hydrogen-bond donors (Lipinski definition) is 0. The molecular weight excluding hydrogens is 322 g/mol. The highest BCUT2D eigenvalue weighted by Crippen LogP contribution is 2.26. The van der Waals surface area contributed by atoms with Crippen LogP contribution in [0.5, 0.6) is 11.5 Å². The van der Waals surface area contributed by atoms with E-state index in [0.29, 0.717) is 31.2 Å². The molecule has 0 aliphatic carbocycles. The van der Waals surface area contributed by atoms with Gasteiger partial charge in [0.25, 0.3) is 0 Å². The van der Waals surface area contributed by atoms with Crippen molar-refractivity contribution in [3.05, 3.63) is 29.8 Å². The van der Waals surface area contributed by atoms with E-state index in [1.165, 1.54) is 6.08 Å². The molecule has 1 atom stereocenters. The molecule has 1 unspecified atom stereocenters. The Morgan fingerprint density at radius 1 is 1.28 bits per heavy atom. The number of hydrogen-bond acceptors (Lipinski definition) is 5. The lowest BCUT2D eigenvalue weighted by Crippen LogP contribution is -2.42. The summed E-state index contributed by atoms with van der Waals surface area (Å²) >= 11 is 0. The van der Waals surface area contributed by atoms with Gasteiger partial charge in [-0.1, -0.05) is 0 Å². The van der Waals surface area contributed by atoms with E-state index < -0.39 is 0 Å². The van der Waals surface area contributed by atoms with Crippen molar-refractivity contribution in [1.29, 1.82) is 0 Å². The van der Waals surface area contributed by atoms with Crippen molar-refractivity contribution in [3.8, 4) is 11.5 Å². The van der Waals surface area contributed by atoms with Gasteiger partial charge in [0.1, 0.15) is 11.5 Å². The first-order chi connectivity index (χ1) is 12.1. The van der Waals surface area contributed by atoms with Crippen LogP contribution in [0.3, 0.4) is 0 Å². The Kier molecular flexibility index (Phi) is 6.86. The minimum absolute atomic E-state index is 0.119. The van der Waals surface area contributed by atoms with Crippen molar-refractivity contribution in [2.24, 2.45) is 5.92 Å². The zero-order valence-electron chi connectivity index (χ0n) is 15.0. The summed E-state index contributed by atoms with van der Waals surface area (Å²) in [5, 5.41) is 0. The molecule has 1 saturated heterocycles. The summed E-state index contributed by atoms with van der Waals surface area (Å²) in [6, 6.07) is 5.41. The topological polar surface area (TPSA) is 65.1 Å². The van der Waals surface area contributed by atoms with Gasteiger partial charge >= 0.3 is 5.97 Å². The Labute approximate surface area is 148 Å². The van der Waals surface area contributed by atoms with Crippen LogP contribution >= 0.6 is 0 Å². The van der Waals surface area contributed by atoms with Crippen molar-refractivity contribution in [1.82, 2.24) is 4.90 Å². The van der Waals surface area contributed by atoms with E-state index in [4.69, 9.17) is 14.2 Å². The lowest BCUT2D eigenvalue weighted by molar-refractivity contribution is -0.150. The molecule has 1 aliphatic heterocycles. The van der Waals surface area contributed by atoms with E-state index >= 15 is 0 Å². The van der Waals surface area contributed by atoms with Crippen LogP contribution in [0.2, 0.25) is 0 Å². The summed E-state index contributed by atoms with van der Waals surface area (Å²) in [5.74, 6) is 0.745. The van der Waals surface area contributed by atoms with Crippen molar-refractivity contribution in [2.75, 3.05) is 33.9 Å². The SMILES string of the molecule is CCOC(=O)C1CCCN(C(=O)C=Cc2ccc(OC)cc2OC)C1. The van der Waals surface area contributed by atoms with Gasteiger partial charge in [-0.25, -0.2) is 0 Å². The van der Waals surface area contributed by atoms with E-state index in [2.05, 4.69) is 0 Å². The third-order valence-corrected chi connectivity index (χ3v) is 4.20. The van der Waals surface area contributed by atoms with E-state index in [1.54, 1.807) is 38.2 Å². The number of ether oxygens (including phenoxy) is 3. The van der Waals surface area contributed by atoms with Crippen LogP contribution in [0.25, 0.3) is 6.08 Å². The Balaban J connectivity index is 2.03. The van der Waals surface area contributed by atoms with Crippen molar-refractivity contribution in [2.45, 2.75) is 19.8 Å². The van der Waals surface area contributed by atoms with Crippen molar-refractivity contribution < 1.29 is 23.8 Å². The molecule has 0 N–H and O–H groups in total. The summed E-state index contributed by atoms with van der Waals surface area (Å²) in [4.78, 5) is 26.0. The maximum Gasteiger partial charge on any atom is 0.310 e. The molecule has 1 aromatic carbocycles. The van der Waals surface area contributed by atoms with Crippen LogP contribution in [0.1, 0.15) is 25.3 Å². The molecule has 6 nitrogen and oxygen atoms in total. The molecule has 2 rings (SSSR count). The number of rotatable bonds is 6. The standard InChI is InChI=1S/C19H25NO5/c1-4-25-19(22)15-6-5-11-20(13-15)18(21)10-8-14-7-9-16(23-2)12-17(14)24-3/h7-10,12,15H,4-6,11,13H2,1-3H3. The lowest BCUT2D eigenvalue weighted by Gasteiger charge is -2.30. The van der Waals surface area contributed by atoms with Gasteiger partial charge in [-0.05, 0) is 38.0 Å². The number of amides is 1. The van der Waals surface area contributed by atoms with Gasteiger partial charge in [-0.3, -0.25) is 9.59 Å². The fourth-order valence-electron chi connectivity index (χ4n) is 2.85. The second-order valence-corrected chi connectivity index (χ2v) is 5.82. The molecule has 0 spiro atoms. The molecule has 0 bridgehead atoms. The number of benzene rings is 1. The third-order valence-electron chi connectivity index (χ3n) is 4.20. The summed E-state index contributed by atoms with van der Waals surface area (Å²) in [7, 11) is 3.16. The molecule has 1 aliphatic rings. The zero-order chi connectivity index (χ0) is 18.2. The highest BCUT2D eigenvalue weighted by Gasteiger charge is 2.28. The zero-order valence-corrected chi connectivity index (χ0v) is 15.0.